The van der Waals surface area contributed by atoms with Gasteiger partial charge in [0.2, 0.25) is 11.7 Å². The zero-order valence-corrected chi connectivity index (χ0v) is 15.9. The van der Waals surface area contributed by atoms with Gasteiger partial charge in [0.1, 0.15) is 11.4 Å². The van der Waals surface area contributed by atoms with Crippen LogP contribution in [0, 0.1) is 0 Å². The second-order valence-corrected chi connectivity index (χ2v) is 6.78. The minimum absolute atomic E-state index is 0.210. The summed E-state index contributed by atoms with van der Waals surface area (Å²) >= 11 is 1.43. The maximum atomic E-state index is 12.3. The van der Waals surface area contributed by atoms with Crippen molar-refractivity contribution in [3.63, 3.8) is 0 Å². The molecule has 0 aliphatic rings. The van der Waals surface area contributed by atoms with Crippen LogP contribution in [0.15, 0.2) is 33.8 Å². The van der Waals surface area contributed by atoms with E-state index in [-0.39, 0.29) is 24.7 Å². The van der Waals surface area contributed by atoms with Gasteiger partial charge in [-0.1, -0.05) is 30.0 Å². The lowest BCUT2D eigenvalue weighted by Crippen LogP contribution is -2.12. The summed E-state index contributed by atoms with van der Waals surface area (Å²) in [5.41, 5.74) is 6.58. The number of benzene rings is 1. The highest BCUT2D eigenvalue weighted by molar-refractivity contribution is 7.98. The Kier molecular flexibility index (Phi) is 5.80. The lowest BCUT2D eigenvalue weighted by Gasteiger charge is -2.04. The van der Waals surface area contributed by atoms with E-state index in [1.54, 1.807) is 6.92 Å². The lowest BCUT2D eigenvalue weighted by molar-refractivity contribution is -0.118. The van der Waals surface area contributed by atoms with Crippen LogP contribution in [0.5, 0.6) is 0 Å². The predicted molar refractivity (Wildman–Crippen MR) is 100 cm³/mol. The molecular weight excluding hydrogens is 368 g/mol. The average molecular weight is 388 g/mol. The van der Waals surface area contributed by atoms with Crippen LogP contribution >= 0.6 is 11.8 Å². The molecule has 1 amide bonds. The molecule has 0 aliphatic carbocycles. The second kappa shape index (κ2) is 8.26. The fourth-order valence-electron chi connectivity index (χ4n) is 2.66. The molecule has 0 atom stereocenters. The van der Waals surface area contributed by atoms with Crippen LogP contribution in [0.2, 0.25) is 0 Å². The van der Waals surface area contributed by atoms with E-state index in [1.807, 2.05) is 35.9 Å². The third-order valence-corrected chi connectivity index (χ3v) is 5.07. The number of ether oxygens (including phenoxy) is 1. The quantitative estimate of drug-likeness (QED) is 0.466. The number of primary amides is 1. The summed E-state index contributed by atoms with van der Waals surface area (Å²) in [5, 5.41) is 9.81. The molecule has 8 nitrogen and oxygen atoms in total. The van der Waals surface area contributed by atoms with E-state index in [1.165, 1.54) is 11.8 Å². The third kappa shape index (κ3) is 4.13. The van der Waals surface area contributed by atoms with Gasteiger partial charge < -0.3 is 19.5 Å². The summed E-state index contributed by atoms with van der Waals surface area (Å²) in [6, 6.07) is 7.47. The molecule has 1 aromatic carbocycles. The molecule has 0 spiro atoms. The van der Waals surface area contributed by atoms with Crippen molar-refractivity contribution < 1.29 is 18.7 Å². The summed E-state index contributed by atoms with van der Waals surface area (Å²) in [5.74, 6) is 0.494. The van der Waals surface area contributed by atoms with Crippen LogP contribution < -0.4 is 5.73 Å². The first-order valence-corrected chi connectivity index (χ1v) is 9.46. The van der Waals surface area contributed by atoms with Crippen molar-refractivity contribution in [2.45, 2.75) is 30.7 Å². The number of para-hydroxylation sites is 1. The van der Waals surface area contributed by atoms with Crippen molar-refractivity contribution in [2.75, 3.05) is 6.61 Å². The van der Waals surface area contributed by atoms with Crippen molar-refractivity contribution in [1.29, 1.82) is 0 Å². The van der Waals surface area contributed by atoms with Gasteiger partial charge in [0.25, 0.3) is 0 Å². The molecule has 0 aliphatic heterocycles. The number of aromatic nitrogens is 3. The zero-order valence-electron chi connectivity index (χ0n) is 15.1. The number of hydrogen-bond donors (Lipinski definition) is 1. The predicted octanol–water partition coefficient (Wildman–Crippen LogP) is 2.45. The molecule has 0 unspecified atom stereocenters. The van der Waals surface area contributed by atoms with Gasteiger partial charge in [-0.05, 0) is 13.0 Å². The van der Waals surface area contributed by atoms with Crippen LogP contribution in [0.4, 0.5) is 0 Å². The zero-order chi connectivity index (χ0) is 19.4. The van der Waals surface area contributed by atoms with Gasteiger partial charge in [0.15, 0.2) is 5.16 Å². The fourth-order valence-corrected chi connectivity index (χ4v) is 3.62. The lowest BCUT2D eigenvalue weighted by atomic mass is 10.1. The molecule has 9 heteroatoms. The van der Waals surface area contributed by atoms with Crippen LogP contribution in [0.1, 0.15) is 35.3 Å². The van der Waals surface area contributed by atoms with Crippen molar-refractivity contribution >= 4 is 34.6 Å². The minimum atomic E-state index is -0.482. The van der Waals surface area contributed by atoms with E-state index in [9.17, 15) is 9.59 Å². The first-order chi connectivity index (χ1) is 13.0. The van der Waals surface area contributed by atoms with Crippen molar-refractivity contribution in [2.24, 2.45) is 12.8 Å². The summed E-state index contributed by atoms with van der Waals surface area (Å²) < 4.78 is 12.7. The number of carbonyl (C=O) groups excluding carboxylic acids is 2. The van der Waals surface area contributed by atoms with E-state index >= 15 is 0 Å². The summed E-state index contributed by atoms with van der Waals surface area (Å²) in [6.07, 6.45) is 0.651. The molecule has 3 aromatic rings. The monoisotopic (exact) mass is 388 g/mol. The molecule has 0 radical (unpaired) electrons. The number of nitrogens with zero attached hydrogens (tertiary/aromatic N) is 3. The Morgan fingerprint density at radius 1 is 1.30 bits per heavy atom. The first-order valence-electron chi connectivity index (χ1n) is 8.48. The van der Waals surface area contributed by atoms with E-state index in [0.717, 1.165) is 10.9 Å². The number of esters is 1. The summed E-state index contributed by atoms with van der Waals surface area (Å²) in [4.78, 5) is 23.2. The number of amides is 1. The Morgan fingerprint density at radius 3 is 2.81 bits per heavy atom. The Bertz CT molecular complexity index is 979. The van der Waals surface area contributed by atoms with Crippen LogP contribution in [0.25, 0.3) is 11.0 Å². The fraction of sp³-hybridized carbons (Fsp3) is 0.333. The number of hydrogen-bond acceptors (Lipinski definition) is 7. The van der Waals surface area contributed by atoms with Crippen molar-refractivity contribution in [1.82, 2.24) is 14.8 Å². The Labute approximate surface area is 160 Å². The van der Waals surface area contributed by atoms with Gasteiger partial charge >= 0.3 is 5.97 Å². The highest BCUT2D eigenvalue weighted by Gasteiger charge is 2.22. The largest absolute Gasteiger partial charge is 0.460 e. The van der Waals surface area contributed by atoms with Gasteiger partial charge in [-0.2, -0.15) is 0 Å². The molecule has 2 heterocycles. The Balaban J connectivity index is 1.83. The third-order valence-electron chi connectivity index (χ3n) is 4.02. The molecule has 142 valence electrons. The van der Waals surface area contributed by atoms with Crippen molar-refractivity contribution in [3.05, 3.63) is 41.4 Å². The second-order valence-electron chi connectivity index (χ2n) is 5.84. The number of aryl methyl sites for hydroxylation is 1. The number of thioether (sulfide) groups is 1. The highest BCUT2D eigenvalue weighted by Crippen LogP contribution is 2.32. The summed E-state index contributed by atoms with van der Waals surface area (Å²) in [7, 11) is 1.83. The Morgan fingerprint density at radius 2 is 2.07 bits per heavy atom. The topological polar surface area (TPSA) is 113 Å². The summed E-state index contributed by atoms with van der Waals surface area (Å²) in [6.45, 7) is 2.02. The molecule has 2 aromatic heterocycles. The highest BCUT2D eigenvalue weighted by atomic mass is 32.2. The molecule has 2 N–H and O–H groups in total. The van der Waals surface area contributed by atoms with E-state index < -0.39 is 5.97 Å². The normalized spacial score (nSPS) is 11.0. The number of furan rings is 1. The molecule has 0 bridgehead atoms. The van der Waals surface area contributed by atoms with E-state index in [4.69, 9.17) is 14.9 Å². The Hall–Kier alpha value is -2.81. The maximum Gasteiger partial charge on any atom is 0.374 e. The SMILES string of the molecule is CCOC(=O)c1oc2ccccc2c1CSc1nnc(CCC(N)=O)n1C. The first kappa shape index (κ1) is 19.0. The van der Waals surface area contributed by atoms with E-state index in [2.05, 4.69) is 10.2 Å². The van der Waals surface area contributed by atoms with Gasteiger partial charge in [-0.3, -0.25) is 4.79 Å². The minimum Gasteiger partial charge on any atom is -0.460 e. The number of nitrogens with two attached hydrogens (primary N) is 1. The average Bonchev–Trinajstić information content (AvgIpc) is 3.19. The standard InChI is InChI=1S/C18H20N4O4S/c1-3-25-17(24)16-12(11-6-4-5-7-13(11)26-16)10-27-18-21-20-15(22(18)2)9-8-14(19)23/h4-7H,3,8-10H2,1-2H3,(H2,19,23). The van der Waals surface area contributed by atoms with Crippen LogP contribution in [0.3, 0.4) is 0 Å². The van der Waals surface area contributed by atoms with Crippen molar-refractivity contribution in [3.8, 4) is 0 Å². The van der Waals surface area contributed by atoms with Gasteiger partial charge in [0, 0.05) is 36.6 Å². The molecule has 3 rings (SSSR count). The number of fused-ring (bicyclic) bond motifs is 1. The van der Waals surface area contributed by atoms with E-state index in [0.29, 0.717) is 28.7 Å². The molecule has 27 heavy (non-hydrogen) atoms. The number of rotatable bonds is 8. The molecular formula is C18H20N4O4S. The van der Waals surface area contributed by atoms with Gasteiger partial charge in [0.05, 0.1) is 6.61 Å². The number of carbonyl (C=O) groups is 2. The van der Waals surface area contributed by atoms with Crippen LogP contribution in [-0.2, 0) is 28.8 Å². The molecule has 0 saturated heterocycles. The van der Waals surface area contributed by atoms with Gasteiger partial charge in [-0.25, -0.2) is 4.79 Å². The van der Waals surface area contributed by atoms with Gasteiger partial charge in [-0.15, -0.1) is 10.2 Å². The molecule has 0 saturated carbocycles. The smallest absolute Gasteiger partial charge is 0.374 e. The van der Waals surface area contributed by atoms with Crippen LogP contribution in [-0.4, -0.2) is 33.2 Å². The maximum absolute atomic E-state index is 12.3. The molecule has 0 fully saturated rings.